The van der Waals surface area contributed by atoms with Gasteiger partial charge in [0.2, 0.25) is 15.9 Å². The summed E-state index contributed by atoms with van der Waals surface area (Å²) in [5.74, 6) is -1.29. The maximum atomic E-state index is 13.3. The zero-order valence-electron chi connectivity index (χ0n) is 15.4. The molecule has 28 heavy (non-hydrogen) atoms. The van der Waals surface area contributed by atoms with Crippen LogP contribution in [0.15, 0.2) is 54.6 Å². The van der Waals surface area contributed by atoms with Gasteiger partial charge >= 0.3 is 0 Å². The first-order chi connectivity index (χ1) is 13.3. The molecule has 8 heteroatoms. The van der Waals surface area contributed by atoms with Crippen LogP contribution in [0.4, 0.5) is 4.39 Å². The molecule has 0 bridgehead atoms. The van der Waals surface area contributed by atoms with Gasteiger partial charge in [-0.2, -0.15) is 4.31 Å². The molecule has 1 aliphatic rings. The second-order valence-corrected chi connectivity index (χ2v) is 8.88. The van der Waals surface area contributed by atoms with Crippen molar-refractivity contribution in [2.45, 2.75) is 18.3 Å². The van der Waals surface area contributed by atoms with E-state index in [-0.39, 0.29) is 25.5 Å². The number of rotatable bonds is 6. The Balaban J connectivity index is 1.68. The van der Waals surface area contributed by atoms with Crippen LogP contribution in [0.3, 0.4) is 0 Å². The van der Waals surface area contributed by atoms with Crippen molar-refractivity contribution < 1.29 is 22.7 Å². The van der Waals surface area contributed by atoms with E-state index in [2.05, 4.69) is 0 Å². The van der Waals surface area contributed by atoms with Crippen LogP contribution < -0.4 is 0 Å². The van der Waals surface area contributed by atoms with Crippen molar-refractivity contribution in [1.29, 1.82) is 0 Å². The minimum atomic E-state index is -3.87. The number of aliphatic hydroxyl groups excluding tert-OH is 1. The molecule has 1 N–H and O–H groups in total. The molecule has 2 aromatic carbocycles. The minimum Gasteiger partial charge on any atom is -0.390 e. The summed E-state index contributed by atoms with van der Waals surface area (Å²) in [6.45, 7) is -0.00985. The topological polar surface area (TPSA) is 77.9 Å². The predicted molar refractivity (Wildman–Crippen MR) is 103 cm³/mol. The Morgan fingerprint density at radius 1 is 1.04 bits per heavy atom. The minimum absolute atomic E-state index is 0.0810. The lowest BCUT2D eigenvalue weighted by Crippen LogP contribution is -2.40. The van der Waals surface area contributed by atoms with E-state index >= 15 is 0 Å². The van der Waals surface area contributed by atoms with Crippen molar-refractivity contribution in [2.75, 3.05) is 26.2 Å². The lowest BCUT2D eigenvalue weighted by molar-refractivity contribution is -0.131. The zero-order chi connectivity index (χ0) is 20.1. The summed E-state index contributed by atoms with van der Waals surface area (Å²) in [6, 6.07) is 15.0. The lowest BCUT2D eigenvalue weighted by atomic mass is 10.1. The SMILES string of the molecule is O=C1CN(S(=O)(=O)Cc2cccc(F)c2)CC(O)CN1CCc1ccccc1. The van der Waals surface area contributed by atoms with Gasteiger partial charge in [0.1, 0.15) is 5.82 Å². The van der Waals surface area contributed by atoms with Crippen LogP contribution in [0.2, 0.25) is 0 Å². The van der Waals surface area contributed by atoms with Gasteiger partial charge in [-0.15, -0.1) is 0 Å². The number of β-amino-alcohol motifs (C(OH)–C–C–N with tert-alkyl or cyclic N) is 1. The number of sulfonamides is 1. The molecule has 1 unspecified atom stereocenters. The van der Waals surface area contributed by atoms with Crippen molar-refractivity contribution in [3.63, 3.8) is 0 Å². The highest BCUT2D eigenvalue weighted by atomic mass is 32.2. The first-order valence-corrected chi connectivity index (χ1v) is 10.7. The first kappa shape index (κ1) is 20.4. The Labute approximate surface area is 164 Å². The largest absolute Gasteiger partial charge is 0.390 e. The lowest BCUT2D eigenvalue weighted by Gasteiger charge is -2.22. The number of hydrogen-bond donors (Lipinski definition) is 1. The standard InChI is InChI=1S/C20H23FN2O4S/c21-18-8-4-7-17(11-18)15-28(26,27)23-13-19(24)12-22(20(25)14-23)10-9-16-5-2-1-3-6-16/h1-8,11,19,24H,9-10,12-15H2. The number of nitrogens with zero attached hydrogens (tertiary/aromatic N) is 2. The summed E-state index contributed by atoms with van der Waals surface area (Å²) in [5.41, 5.74) is 1.36. The molecule has 1 fully saturated rings. The van der Waals surface area contributed by atoms with Gasteiger partial charge in [0, 0.05) is 19.6 Å². The van der Waals surface area contributed by atoms with Crippen LogP contribution in [-0.4, -0.2) is 60.9 Å². The van der Waals surface area contributed by atoms with Gasteiger partial charge in [0.05, 0.1) is 18.4 Å². The molecule has 3 rings (SSSR count). The Morgan fingerprint density at radius 3 is 2.46 bits per heavy atom. The second kappa shape index (κ2) is 8.81. The van der Waals surface area contributed by atoms with Crippen LogP contribution in [-0.2, 0) is 27.0 Å². The fourth-order valence-electron chi connectivity index (χ4n) is 3.23. The summed E-state index contributed by atoms with van der Waals surface area (Å²) < 4.78 is 39.8. The van der Waals surface area contributed by atoms with Gasteiger partial charge in [-0.1, -0.05) is 42.5 Å². The molecule has 150 valence electrons. The molecule has 6 nitrogen and oxygen atoms in total. The van der Waals surface area contributed by atoms with E-state index in [0.29, 0.717) is 18.5 Å². The fourth-order valence-corrected chi connectivity index (χ4v) is 4.72. The van der Waals surface area contributed by atoms with E-state index < -0.39 is 27.7 Å². The van der Waals surface area contributed by atoms with Crippen molar-refractivity contribution in [3.05, 3.63) is 71.5 Å². The van der Waals surface area contributed by atoms with E-state index in [0.717, 1.165) is 15.9 Å². The molecule has 0 saturated carbocycles. The number of carbonyl (C=O) groups excluding carboxylic acids is 1. The van der Waals surface area contributed by atoms with Crippen LogP contribution in [0, 0.1) is 5.82 Å². The third-order valence-electron chi connectivity index (χ3n) is 4.65. The maximum absolute atomic E-state index is 13.3. The quantitative estimate of drug-likeness (QED) is 0.787. The number of benzene rings is 2. The van der Waals surface area contributed by atoms with E-state index in [4.69, 9.17) is 0 Å². The van der Waals surface area contributed by atoms with Crippen molar-refractivity contribution in [1.82, 2.24) is 9.21 Å². The normalized spacial score (nSPS) is 18.9. The van der Waals surface area contributed by atoms with Crippen molar-refractivity contribution >= 4 is 15.9 Å². The molecule has 2 aromatic rings. The number of carbonyl (C=O) groups is 1. The molecule has 1 amide bonds. The molecule has 0 radical (unpaired) electrons. The van der Waals surface area contributed by atoms with Gasteiger partial charge in [0.25, 0.3) is 0 Å². The van der Waals surface area contributed by atoms with Crippen LogP contribution >= 0.6 is 0 Å². The second-order valence-electron chi connectivity index (χ2n) is 6.91. The van der Waals surface area contributed by atoms with E-state index in [1.807, 2.05) is 30.3 Å². The Hall–Kier alpha value is -2.29. The molecular weight excluding hydrogens is 383 g/mol. The first-order valence-electron chi connectivity index (χ1n) is 9.05. The number of aliphatic hydroxyl groups is 1. The van der Waals surface area contributed by atoms with Gasteiger partial charge < -0.3 is 10.0 Å². The fraction of sp³-hybridized carbons (Fsp3) is 0.350. The van der Waals surface area contributed by atoms with Gasteiger partial charge in [0.15, 0.2) is 0 Å². The van der Waals surface area contributed by atoms with Gasteiger partial charge in [-0.3, -0.25) is 4.79 Å². The Bertz CT molecular complexity index is 921. The van der Waals surface area contributed by atoms with Crippen LogP contribution in [0.1, 0.15) is 11.1 Å². The van der Waals surface area contributed by atoms with E-state index in [1.54, 1.807) is 0 Å². The molecular formula is C20H23FN2O4S. The summed E-state index contributed by atoms with van der Waals surface area (Å²) >= 11 is 0. The molecule has 0 aliphatic carbocycles. The highest BCUT2D eigenvalue weighted by Gasteiger charge is 2.33. The predicted octanol–water partition coefficient (Wildman–Crippen LogP) is 1.40. The smallest absolute Gasteiger partial charge is 0.237 e. The number of amides is 1. The zero-order valence-corrected chi connectivity index (χ0v) is 16.2. The number of halogens is 1. The number of hydrogen-bond acceptors (Lipinski definition) is 4. The summed E-state index contributed by atoms with van der Waals surface area (Å²) in [6.07, 6.45) is -0.362. The monoisotopic (exact) mass is 406 g/mol. The van der Waals surface area contributed by atoms with Crippen molar-refractivity contribution in [3.8, 4) is 0 Å². The molecule has 1 saturated heterocycles. The highest BCUT2D eigenvalue weighted by molar-refractivity contribution is 7.88. The van der Waals surface area contributed by atoms with Crippen LogP contribution in [0.5, 0.6) is 0 Å². The average molecular weight is 406 g/mol. The average Bonchev–Trinajstić information content (AvgIpc) is 2.79. The Morgan fingerprint density at radius 2 is 1.75 bits per heavy atom. The van der Waals surface area contributed by atoms with E-state index in [9.17, 15) is 22.7 Å². The molecule has 0 aromatic heterocycles. The van der Waals surface area contributed by atoms with Crippen LogP contribution in [0.25, 0.3) is 0 Å². The van der Waals surface area contributed by atoms with Crippen molar-refractivity contribution in [2.24, 2.45) is 0 Å². The Kier molecular flexibility index (Phi) is 6.43. The van der Waals surface area contributed by atoms with Gasteiger partial charge in [-0.05, 0) is 29.7 Å². The summed E-state index contributed by atoms with van der Waals surface area (Å²) in [7, 11) is -3.87. The summed E-state index contributed by atoms with van der Waals surface area (Å²) in [4.78, 5) is 14.1. The third kappa shape index (κ3) is 5.37. The maximum Gasteiger partial charge on any atom is 0.237 e. The van der Waals surface area contributed by atoms with E-state index in [1.165, 1.54) is 23.1 Å². The third-order valence-corrected chi connectivity index (χ3v) is 6.42. The molecule has 1 heterocycles. The molecule has 0 spiro atoms. The molecule has 1 aliphatic heterocycles. The summed E-state index contributed by atoms with van der Waals surface area (Å²) in [5, 5.41) is 10.3. The van der Waals surface area contributed by atoms with Gasteiger partial charge in [-0.25, -0.2) is 12.8 Å². The molecule has 1 atom stereocenters. The highest BCUT2D eigenvalue weighted by Crippen LogP contribution is 2.16.